The molecular weight excluding hydrogens is 1060 g/mol. The number of hydrogen-bond donors (Lipinski definition) is 2. The van der Waals surface area contributed by atoms with Gasteiger partial charge in [0.05, 0.1) is 27.3 Å². The van der Waals surface area contributed by atoms with E-state index in [9.17, 15) is 151 Å². The highest BCUT2D eigenvalue weighted by molar-refractivity contribution is 5.16. The summed E-state index contributed by atoms with van der Waals surface area (Å²) in [7, 11) is 2.35. The molecule has 0 amide bonds. The molecule has 2 unspecified atom stereocenters. The van der Waals surface area contributed by atoms with Crippen molar-refractivity contribution in [2.75, 3.05) is 79.8 Å². The van der Waals surface area contributed by atoms with Crippen molar-refractivity contribution < 1.29 is 169 Å². The van der Waals surface area contributed by atoms with E-state index in [1.807, 2.05) is 0 Å². The third-order valence-electron chi connectivity index (χ3n) is 10.3. The van der Waals surface area contributed by atoms with Crippen molar-refractivity contribution in [3.8, 4) is 0 Å². The van der Waals surface area contributed by atoms with Crippen LogP contribution in [0.2, 0.25) is 0 Å². The van der Waals surface area contributed by atoms with Crippen LogP contribution in [0.25, 0.3) is 0 Å². The smallest absolute Gasteiger partial charge is 0.384 e. The van der Waals surface area contributed by atoms with Gasteiger partial charge in [0, 0.05) is 0 Å². The van der Waals surface area contributed by atoms with Crippen LogP contribution in [0.4, 0.5) is 140 Å². The molecule has 1 fully saturated rings. The lowest BCUT2D eigenvalue weighted by Gasteiger charge is -2.47. The van der Waals surface area contributed by atoms with E-state index < -0.39 is 156 Å². The fourth-order valence-electron chi connectivity index (χ4n) is 5.84. The fourth-order valence-corrected chi connectivity index (χ4v) is 5.84. The Hall–Kier alpha value is -2.48. The Morgan fingerprint density at radius 1 is 0.353 bits per heavy atom. The van der Waals surface area contributed by atoms with E-state index in [4.69, 9.17) is 0 Å². The molecule has 1 aliphatic heterocycles. The van der Waals surface area contributed by atoms with Crippen molar-refractivity contribution in [2.24, 2.45) is 0 Å². The summed E-state index contributed by atoms with van der Waals surface area (Å²) in [6.07, 6.45) is -16.5. The molecule has 2 atom stereocenters. The molecule has 0 radical (unpaired) electrons. The SMILES string of the molecule is C[N+]1(CC(O)COCC(F)(F)C(F)(F)C(F)(F)C(F)(F)C(F)(F)C(F)(F)C(F)(F)C(F)F)CC[N+](C)(CC(O)COCC(F)(F)C(F)(F)C(F)(F)C(F)(F)C(F)(F)C(F)(F)C(F)(F)C(F)F)CC1. The van der Waals surface area contributed by atoms with Crippen LogP contribution in [0.1, 0.15) is 0 Å². The number of aliphatic hydroxyl groups excluding tert-OH is 2. The summed E-state index contributed by atoms with van der Waals surface area (Å²) in [6.45, 7) is -12.7. The monoisotopic (exact) mass is 1090 g/mol. The Morgan fingerprint density at radius 2 is 0.544 bits per heavy atom. The van der Waals surface area contributed by atoms with Gasteiger partial charge in [-0.05, 0) is 0 Å². The van der Waals surface area contributed by atoms with E-state index in [-0.39, 0.29) is 26.2 Å². The zero-order chi connectivity index (χ0) is 54.8. The van der Waals surface area contributed by atoms with Gasteiger partial charge in [0.15, 0.2) is 0 Å². The third kappa shape index (κ3) is 10.3. The molecule has 0 saturated carbocycles. The molecule has 38 heteroatoms. The summed E-state index contributed by atoms with van der Waals surface area (Å²) < 4.78 is 439. The number of ether oxygens (including phenoxy) is 2. The lowest BCUT2D eigenvalue weighted by molar-refractivity contribution is -1.02. The number of nitrogens with zero attached hydrogens (tertiary/aromatic N) is 2. The quantitative estimate of drug-likeness (QED) is 0.0672. The minimum Gasteiger partial charge on any atom is -0.385 e. The minimum atomic E-state index is -8.66. The number of likely N-dealkylation sites (N-methyl/N-ethyl adjacent to an activating group) is 2. The average Bonchev–Trinajstić information content (AvgIpc) is 3.14. The van der Waals surface area contributed by atoms with Crippen LogP contribution >= 0.6 is 0 Å². The van der Waals surface area contributed by atoms with Crippen LogP contribution in [0.5, 0.6) is 0 Å². The maximum Gasteiger partial charge on any atom is 0.384 e. The molecule has 0 aliphatic carbocycles. The third-order valence-corrected chi connectivity index (χ3v) is 10.3. The standard InChI is InChI=1S/C30H32F32N2O4/c1-63(7-13(65)9-67-11-17(35,36)21(43,44)25(51,52)29(59,60)27(55,56)23(47,48)19(39,40)15(31)32)3-5-64(2,6-4-63)8-14(66)10-68-12-18(37,38)22(45,46)26(53,54)30(61,62)28(57,58)24(49,50)20(41,42)16(33)34/h13-16,65-66H,3-12H2,1-2H3/q+2. The first-order valence-corrected chi connectivity index (χ1v) is 17.5. The number of hydrogen-bond acceptors (Lipinski definition) is 4. The zero-order valence-electron chi connectivity index (χ0n) is 33.1. The second-order valence-electron chi connectivity index (χ2n) is 15.8. The van der Waals surface area contributed by atoms with Crippen LogP contribution in [-0.4, -0.2) is 207 Å². The van der Waals surface area contributed by atoms with Gasteiger partial charge in [0.1, 0.15) is 64.7 Å². The molecule has 0 aromatic rings. The number of halogens is 32. The Morgan fingerprint density at radius 3 is 0.750 bits per heavy atom. The van der Waals surface area contributed by atoms with E-state index in [0.717, 1.165) is 0 Å². The highest BCUT2D eigenvalue weighted by Crippen LogP contribution is 2.64. The molecule has 2 N–H and O–H groups in total. The van der Waals surface area contributed by atoms with E-state index in [2.05, 4.69) is 9.47 Å². The van der Waals surface area contributed by atoms with Gasteiger partial charge >= 0.3 is 95.8 Å². The van der Waals surface area contributed by atoms with Gasteiger partial charge in [0.2, 0.25) is 0 Å². The van der Waals surface area contributed by atoms with Gasteiger partial charge in [-0.3, -0.25) is 0 Å². The fraction of sp³-hybridized carbons (Fsp3) is 1.00. The summed E-state index contributed by atoms with van der Waals surface area (Å²) in [4.78, 5) is 0. The summed E-state index contributed by atoms with van der Waals surface area (Å²) in [5.41, 5.74) is 0. The summed E-state index contributed by atoms with van der Waals surface area (Å²) in [5.74, 6) is -113. The normalized spacial score (nSPS) is 22.3. The van der Waals surface area contributed by atoms with Gasteiger partial charge in [0.25, 0.3) is 0 Å². The zero-order valence-corrected chi connectivity index (χ0v) is 33.1. The van der Waals surface area contributed by atoms with Gasteiger partial charge in [-0.25, -0.2) is 17.6 Å². The second-order valence-corrected chi connectivity index (χ2v) is 15.8. The number of alkyl halides is 32. The van der Waals surface area contributed by atoms with Crippen LogP contribution in [0.15, 0.2) is 0 Å². The number of aliphatic hydroxyl groups is 2. The molecule has 0 spiro atoms. The predicted molar refractivity (Wildman–Crippen MR) is 156 cm³/mol. The first kappa shape index (κ1) is 63.5. The largest absolute Gasteiger partial charge is 0.385 e. The van der Waals surface area contributed by atoms with E-state index in [1.54, 1.807) is 0 Å². The minimum absolute atomic E-state index is 0.305. The molecule has 1 saturated heterocycles. The van der Waals surface area contributed by atoms with E-state index >= 15 is 0 Å². The van der Waals surface area contributed by atoms with Crippen molar-refractivity contribution in [2.45, 2.75) is 108 Å². The first-order valence-electron chi connectivity index (χ1n) is 17.5. The van der Waals surface area contributed by atoms with Crippen molar-refractivity contribution in [3.63, 3.8) is 0 Å². The molecule has 68 heavy (non-hydrogen) atoms. The molecule has 0 aromatic carbocycles. The van der Waals surface area contributed by atoms with Crippen LogP contribution in [0.3, 0.4) is 0 Å². The van der Waals surface area contributed by atoms with Crippen molar-refractivity contribution >= 4 is 0 Å². The summed E-state index contributed by atoms with van der Waals surface area (Å²) in [6, 6.07) is 0. The maximum atomic E-state index is 14.1. The van der Waals surface area contributed by atoms with Crippen LogP contribution in [0, 0.1) is 0 Å². The highest BCUT2D eigenvalue weighted by atomic mass is 19.4. The molecule has 1 rings (SSSR count). The van der Waals surface area contributed by atoms with Gasteiger partial charge in [-0.15, -0.1) is 0 Å². The molecule has 0 bridgehead atoms. The van der Waals surface area contributed by atoms with Gasteiger partial charge in [-0.2, -0.15) is 123 Å². The summed E-state index contributed by atoms with van der Waals surface area (Å²) in [5, 5.41) is 20.3. The summed E-state index contributed by atoms with van der Waals surface area (Å²) >= 11 is 0. The maximum absolute atomic E-state index is 14.1. The highest BCUT2D eigenvalue weighted by Gasteiger charge is 2.95. The predicted octanol–water partition coefficient (Wildman–Crippen LogP) is 9.07. The molecular formula is C30H32F32N2O4+2. The first-order chi connectivity index (χ1) is 29.5. The number of rotatable bonds is 26. The average molecular weight is 1090 g/mol. The molecule has 1 heterocycles. The Balaban J connectivity index is 2.97. The lowest BCUT2D eigenvalue weighted by atomic mass is 9.89. The van der Waals surface area contributed by atoms with Crippen LogP contribution in [-0.2, 0) is 9.47 Å². The number of piperazine rings is 1. The topological polar surface area (TPSA) is 58.9 Å². The van der Waals surface area contributed by atoms with Gasteiger partial charge < -0.3 is 28.7 Å². The van der Waals surface area contributed by atoms with E-state index in [0.29, 0.717) is 0 Å². The lowest BCUT2D eigenvalue weighted by Crippen LogP contribution is -2.74. The van der Waals surface area contributed by atoms with Gasteiger partial charge in [-0.1, -0.05) is 0 Å². The molecule has 408 valence electrons. The van der Waals surface area contributed by atoms with E-state index in [1.165, 1.54) is 14.1 Å². The second kappa shape index (κ2) is 18.8. The van der Waals surface area contributed by atoms with Crippen LogP contribution < -0.4 is 0 Å². The van der Waals surface area contributed by atoms with Crippen molar-refractivity contribution in [3.05, 3.63) is 0 Å². The Labute approximate surface area is 357 Å². The molecule has 6 nitrogen and oxygen atoms in total. The van der Waals surface area contributed by atoms with Crippen molar-refractivity contribution in [1.82, 2.24) is 0 Å². The molecule has 0 aromatic heterocycles. The molecule has 1 aliphatic rings. The van der Waals surface area contributed by atoms with Crippen molar-refractivity contribution in [1.29, 1.82) is 0 Å². The number of quaternary nitrogens is 2. The Kier molecular flexibility index (Phi) is 17.6. The Bertz CT molecular complexity index is 1560.